The number of thiocarbonyl (C=S) groups is 1. The zero-order valence-electron chi connectivity index (χ0n) is 8.25. The highest BCUT2D eigenvalue weighted by atomic mass is 32.2. The molecule has 0 unspecified atom stereocenters. The molecule has 0 radical (unpaired) electrons. The first-order valence-electron chi connectivity index (χ1n) is 4.55. The predicted octanol–water partition coefficient (Wildman–Crippen LogP) is 4.39. The minimum absolute atomic E-state index is 0.0923. The van der Waals surface area contributed by atoms with Crippen molar-refractivity contribution in [1.82, 2.24) is 0 Å². The molecule has 1 aromatic rings. The highest BCUT2D eigenvalue weighted by Gasteiger charge is 2.29. The van der Waals surface area contributed by atoms with Crippen molar-refractivity contribution in [3.05, 3.63) is 35.9 Å². The molecule has 0 saturated heterocycles. The van der Waals surface area contributed by atoms with Gasteiger partial charge in [-0.2, -0.15) is 13.2 Å². The third-order valence-corrected chi connectivity index (χ3v) is 2.68. The fourth-order valence-corrected chi connectivity index (χ4v) is 1.94. The molecule has 0 N–H and O–H groups in total. The number of thioether (sulfide) groups is 1. The minimum Gasteiger partial charge on any atom is -0.160 e. The lowest BCUT2D eigenvalue weighted by Gasteiger charge is -2.06. The maximum atomic E-state index is 12.1. The Hall–Kier alpha value is -0.770. The van der Waals surface area contributed by atoms with Crippen molar-refractivity contribution in [2.75, 3.05) is 0 Å². The normalized spacial score (nSPS) is 10.9. The van der Waals surface area contributed by atoms with Gasteiger partial charge in [0.2, 0.25) is 0 Å². The second kappa shape index (κ2) is 6.09. The molecule has 86 valence electrons. The van der Waals surface area contributed by atoms with E-state index < -0.39 is 5.51 Å². The van der Waals surface area contributed by atoms with Crippen LogP contribution in [0, 0.1) is 0 Å². The molecular weight excluding hydrogens is 253 g/mol. The van der Waals surface area contributed by atoms with Crippen LogP contribution < -0.4 is 0 Å². The maximum Gasteiger partial charge on any atom is 0.446 e. The molecule has 0 amide bonds. The van der Waals surface area contributed by atoms with Crippen molar-refractivity contribution in [1.29, 1.82) is 0 Å². The van der Waals surface area contributed by atoms with E-state index >= 15 is 0 Å². The van der Waals surface area contributed by atoms with Gasteiger partial charge in [0.25, 0.3) is 0 Å². The van der Waals surface area contributed by atoms with Gasteiger partial charge in [-0.05, 0) is 60.6 Å². The van der Waals surface area contributed by atoms with E-state index in [1.165, 1.54) is 6.07 Å². The summed E-state index contributed by atoms with van der Waals surface area (Å²) in [6.07, 6.45) is 3.07. The van der Waals surface area contributed by atoms with E-state index in [0.717, 1.165) is 5.56 Å². The summed E-state index contributed by atoms with van der Waals surface area (Å²) in [5.41, 5.74) is -3.36. The zero-order valence-corrected chi connectivity index (χ0v) is 9.88. The molecule has 5 heteroatoms. The van der Waals surface area contributed by atoms with Gasteiger partial charge in [-0.15, -0.1) is 0 Å². The topological polar surface area (TPSA) is 0 Å². The van der Waals surface area contributed by atoms with E-state index in [2.05, 4.69) is 17.2 Å². The van der Waals surface area contributed by atoms with Crippen LogP contribution in [0.4, 0.5) is 13.2 Å². The number of hydrogen-bond donors (Lipinski definition) is 0. The van der Waals surface area contributed by atoms with Crippen LogP contribution in [0.15, 0.2) is 35.2 Å². The van der Waals surface area contributed by atoms with E-state index in [9.17, 15) is 13.2 Å². The molecule has 0 aliphatic carbocycles. The van der Waals surface area contributed by atoms with Crippen molar-refractivity contribution in [3.8, 4) is 0 Å². The summed E-state index contributed by atoms with van der Waals surface area (Å²) in [6.45, 7) is 0. The molecular formula is C11H9F3S2. The van der Waals surface area contributed by atoms with E-state index in [4.69, 9.17) is 0 Å². The number of rotatable bonds is 4. The van der Waals surface area contributed by atoms with Gasteiger partial charge in [-0.25, -0.2) is 0 Å². The fraction of sp³-hybridized carbons (Fsp3) is 0.273. The van der Waals surface area contributed by atoms with E-state index in [-0.39, 0.29) is 16.7 Å². The maximum absolute atomic E-state index is 12.1. The Morgan fingerprint density at radius 1 is 1.38 bits per heavy atom. The van der Waals surface area contributed by atoms with Crippen LogP contribution in [0.3, 0.4) is 0 Å². The smallest absolute Gasteiger partial charge is 0.160 e. The zero-order chi connectivity index (χ0) is 12.0. The summed E-state index contributed by atoms with van der Waals surface area (Å²) in [6, 6.07) is 6.44. The Kier molecular flexibility index (Phi) is 5.06. The highest BCUT2D eigenvalue weighted by molar-refractivity contribution is 8.00. The van der Waals surface area contributed by atoms with E-state index in [0.29, 0.717) is 12.8 Å². The summed E-state index contributed by atoms with van der Waals surface area (Å²) in [4.78, 5) is 0.219. The molecule has 0 bridgehead atoms. The van der Waals surface area contributed by atoms with Crippen LogP contribution in [0.5, 0.6) is 0 Å². The number of hydrogen-bond acceptors (Lipinski definition) is 2. The Morgan fingerprint density at radius 3 is 2.75 bits per heavy atom. The van der Waals surface area contributed by atoms with E-state index in [1.807, 2.05) is 0 Å². The lowest BCUT2D eigenvalue weighted by atomic mass is 10.1. The summed E-state index contributed by atoms with van der Waals surface area (Å²) in [5, 5.41) is 2.46. The molecule has 0 heterocycles. The lowest BCUT2D eigenvalue weighted by molar-refractivity contribution is -0.0328. The van der Waals surface area contributed by atoms with Crippen molar-refractivity contribution >= 4 is 29.0 Å². The van der Waals surface area contributed by atoms with E-state index in [1.54, 1.807) is 24.3 Å². The average molecular weight is 262 g/mol. The van der Waals surface area contributed by atoms with Gasteiger partial charge in [-0.1, -0.05) is 17.2 Å². The second-order valence-electron chi connectivity index (χ2n) is 3.06. The summed E-state index contributed by atoms with van der Waals surface area (Å²) in [7, 11) is 0. The molecule has 0 nitrogen and oxygen atoms in total. The summed E-state index contributed by atoms with van der Waals surface area (Å²) < 4.78 is 36.3. The standard InChI is InChI=1S/C11H9F3S2/c12-11(13,14)16-10-6-3-5-9(8-10)4-1-2-7-15/h2-3,5-6,8H,1,4H2. The number of allylic oxidation sites excluding steroid dienone is 1. The Bertz CT molecular complexity index is 392. The minimum atomic E-state index is -4.23. The first-order chi connectivity index (χ1) is 7.51. The van der Waals surface area contributed by atoms with Crippen LogP contribution in [-0.2, 0) is 6.42 Å². The molecule has 0 fully saturated rings. The molecule has 1 rings (SSSR count). The van der Waals surface area contributed by atoms with Crippen molar-refractivity contribution < 1.29 is 13.2 Å². The third-order valence-electron chi connectivity index (χ3n) is 1.79. The van der Waals surface area contributed by atoms with Crippen LogP contribution in [0.1, 0.15) is 12.0 Å². The SMILES string of the molecule is FC(F)(F)Sc1cccc(CCC=C=S)c1. The van der Waals surface area contributed by atoms with Crippen molar-refractivity contribution in [3.63, 3.8) is 0 Å². The van der Waals surface area contributed by atoms with Gasteiger partial charge >= 0.3 is 5.51 Å². The molecule has 1 aromatic carbocycles. The van der Waals surface area contributed by atoms with Gasteiger partial charge in [0.05, 0.1) is 0 Å². The van der Waals surface area contributed by atoms with Gasteiger partial charge in [0.1, 0.15) is 0 Å². The number of alkyl halides is 3. The summed E-state index contributed by atoms with van der Waals surface area (Å²) >= 11 is 4.41. The van der Waals surface area contributed by atoms with Crippen LogP contribution in [-0.4, -0.2) is 10.5 Å². The second-order valence-corrected chi connectivity index (χ2v) is 4.43. The quantitative estimate of drug-likeness (QED) is 0.583. The van der Waals surface area contributed by atoms with Gasteiger partial charge in [-0.3, -0.25) is 0 Å². The number of aryl methyl sites for hydroxylation is 1. The van der Waals surface area contributed by atoms with Crippen LogP contribution in [0.2, 0.25) is 0 Å². The summed E-state index contributed by atoms with van der Waals surface area (Å²) in [5.74, 6) is 0. The molecule has 0 atom stereocenters. The van der Waals surface area contributed by atoms with Crippen LogP contribution in [0.25, 0.3) is 0 Å². The Morgan fingerprint density at radius 2 is 2.12 bits per heavy atom. The fourth-order valence-electron chi connectivity index (χ4n) is 1.20. The predicted molar refractivity (Wildman–Crippen MR) is 63.8 cm³/mol. The largest absolute Gasteiger partial charge is 0.446 e. The van der Waals surface area contributed by atoms with Crippen molar-refractivity contribution in [2.24, 2.45) is 0 Å². The monoisotopic (exact) mass is 262 g/mol. The van der Waals surface area contributed by atoms with Gasteiger partial charge in [0.15, 0.2) is 0 Å². The first kappa shape index (κ1) is 13.3. The van der Waals surface area contributed by atoms with Gasteiger partial charge < -0.3 is 0 Å². The Labute approximate surface area is 102 Å². The Balaban J connectivity index is 2.67. The molecule has 16 heavy (non-hydrogen) atoms. The molecule has 0 aliphatic rings. The molecule has 0 saturated carbocycles. The van der Waals surface area contributed by atoms with Gasteiger partial charge in [0, 0.05) is 4.90 Å². The molecule has 0 aromatic heterocycles. The lowest BCUT2D eigenvalue weighted by Crippen LogP contribution is -1.99. The number of benzene rings is 1. The first-order valence-corrected chi connectivity index (χ1v) is 5.78. The van der Waals surface area contributed by atoms with Crippen LogP contribution >= 0.6 is 24.0 Å². The third kappa shape index (κ3) is 5.35. The average Bonchev–Trinajstić information content (AvgIpc) is 2.16. The number of halogens is 3. The van der Waals surface area contributed by atoms with Crippen molar-refractivity contribution in [2.45, 2.75) is 23.2 Å². The molecule has 0 aliphatic heterocycles. The molecule has 0 spiro atoms. The highest BCUT2D eigenvalue weighted by Crippen LogP contribution is 2.36.